The van der Waals surface area contributed by atoms with E-state index in [0.29, 0.717) is 49.6 Å². The van der Waals surface area contributed by atoms with Crippen molar-refractivity contribution in [3.05, 3.63) is 53.1 Å². The van der Waals surface area contributed by atoms with Crippen LogP contribution in [-0.4, -0.2) is 75.6 Å². The first-order valence-corrected chi connectivity index (χ1v) is 14.9. The molecule has 2 aliphatic rings. The first kappa shape index (κ1) is 28.8. The molecule has 2 aromatic heterocycles. The molecule has 3 aromatic rings. The molecule has 2 fully saturated rings. The summed E-state index contributed by atoms with van der Waals surface area (Å²) in [6, 6.07) is 5.30. The highest BCUT2D eigenvalue weighted by Gasteiger charge is 2.43. The highest BCUT2D eigenvalue weighted by molar-refractivity contribution is 7.90. The molecule has 2 atom stereocenters. The summed E-state index contributed by atoms with van der Waals surface area (Å²) in [5, 5.41) is 3.29. The van der Waals surface area contributed by atoms with Crippen molar-refractivity contribution in [1.82, 2.24) is 28.7 Å². The number of hydrogen-bond donors (Lipinski definition) is 1. The van der Waals surface area contributed by atoms with Gasteiger partial charge in [0.2, 0.25) is 16.0 Å². The standard InChI is InChI=1S/C26H31ClF3N7O2S/c1-16-12-37(40(38,39)18-5-6-18)9-8-21(16)33-25-31-11-19(26(28,29)30)24(34-25)22-14-36(15-32-22)23-7-4-17(10-20(23)27)13-35(2)3/h4,7,10-11,14-16,18,21H,5-6,8-9,12-13H2,1-3H3,(H,31,33,34)/t16-,21+/m1/s1. The zero-order chi connectivity index (χ0) is 28.8. The fourth-order valence-corrected chi connectivity index (χ4v) is 7.21. The molecule has 3 heterocycles. The van der Waals surface area contributed by atoms with Crippen LogP contribution in [-0.2, 0) is 22.7 Å². The summed E-state index contributed by atoms with van der Waals surface area (Å²) >= 11 is 6.49. The quantitative estimate of drug-likeness (QED) is 0.403. The molecule has 0 amide bonds. The average molecular weight is 598 g/mol. The number of aromatic nitrogens is 4. The minimum absolute atomic E-state index is 0.0182. The van der Waals surface area contributed by atoms with Crippen molar-refractivity contribution in [3.63, 3.8) is 0 Å². The van der Waals surface area contributed by atoms with Gasteiger partial charge in [-0.15, -0.1) is 0 Å². The van der Waals surface area contributed by atoms with Gasteiger partial charge in [0.1, 0.15) is 23.3 Å². The Morgan fingerprint density at radius 3 is 2.55 bits per heavy atom. The van der Waals surface area contributed by atoms with Crippen molar-refractivity contribution in [2.24, 2.45) is 5.92 Å². The van der Waals surface area contributed by atoms with Crippen LogP contribution in [0.3, 0.4) is 0 Å². The molecule has 0 bridgehead atoms. The summed E-state index contributed by atoms with van der Waals surface area (Å²) in [6.45, 7) is 3.27. The predicted molar refractivity (Wildman–Crippen MR) is 147 cm³/mol. The zero-order valence-corrected chi connectivity index (χ0v) is 23.9. The van der Waals surface area contributed by atoms with Gasteiger partial charge in [0, 0.05) is 38.1 Å². The van der Waals surface area contributed by atoms with Gasteiger partial charge >= 0.3 is 6.18 Å². The van der Waals surface area contributed by atoms with Crippen molar-refractivity contribution in [2.75, 3.05) is 32.5 Å². The lowest BCUT2D eigenvalue weighted by Crippen LogP contribution is -2.48. The third-order valence-electron chi connectivity index (χ3n) is 7.20. The molecule has 216 valence electrons. The molecular formula is C26H31ClF3N7O2S. The minimum Gasteiger partial charge on any atom is -0.351 e. The van der Waals surface area contributed by atoms with E-state index < -0.39 is 21.8 Å². The highest BCUT2D eigenvalue weighted by Crippen LogP contribution is 2.37. The van der Waals surface area contributed by atoms with Crippen LogP contribution in [0.15, 0.2) is 36.9 Å². The average Bonchev–Trinajstić information content (AvgIpc) is 3.63. The van der Waals surface area contributed by atoms with Gasteiger partial charge in [-0.1, -0.05) is 24.6 Å². The molecule has 5 rings (SSSR count). The Bertz CT molecular complexity index is 1490. The van der Waals surface area contributed by atoms with Crippen LogP contribution < -0.4 is 5.32 Å². The number of rotatable bonds is 8. The van der Waals surface area contributed by atoms with Crippen molar-refractivity contribution >= 4 is 27.6 Å². The largest absolute Gasteiger partial charge is 0.420 e. The van der Waals surface area contributed by atoms with Gasteiger partial charge in [-0.2, -0.15) is 13.2 Å². The van der Waals surface area contributed by atoms with Gasteiger partial charge in [0.15, 0.2) is 0 Å². The molecule has 0 radical (unpaired) electrons. The third-order valence-corrected chi connectivity index (χ3v) is 9.86. The monoisotopic (exact) mass is 597 g/mol. The number of alkyl halides is 3. The lowest BCUT2D eigenvalue weighted by molar-refractivity contribution is -0.137. The molecule has 14 heteroatoms. The number of nitrogens with zero attached hydrogens (tertiary/aromatic N) is 6. The van der Waals surface area contributed by atoms with E-state index in [0.717, 1.165) is 11.8 Å². The van der Waals surface area contributed by atoms with Gasteiger partial charge in [0.05, 0.1) is 16.0 Å². The number of piperidine rings is 1. The Balaban J connectivity index is 1.38. The summed E-state index contributed by atoms with van der Waals surface area (Å²) in [6.07, 6.45) is 0.794. The molecule has 9 nitrogen and oxygen atoms in total. The summed E-state index contributed by atoms with van der Waals surface area (Å²) < 4.78 is 70.1. The first-order valence-electron chi connectivity index (χ1n) is 13.0. The topological polar surface area (TPSA) is 96.2 Å². The third kappa shape index (κ3) is 6.12. The number of benzene rings is 1. The molecule has 1 saturated heterocycles. The van der Waals surface area contributed by atoms with Crippen molar-refractivity contribution in [1.29, 1.82) is 0 Å². The van der Waals surface area contributed by atoms with E-state index >= 15 is 0 Å². The normalized spacial score (nSPS) is 20.7. The molecule has 1 saturated carbocycles. The van der Waals surface area contributed by atoms with E-state index in [1.807, 2.05) is 38.1 Å². The van der Waals surface area contributed by atoms with Crippen molar-refractivity contribution < 1.29 is 21.6 Å². The van der Waals surface area contributed by atoms with Crippen molar-refractivity contribution in [2.45, 2.75) is 50.2 Å². The summed E-state index contributed by atoms with van der Waals surface area (Å²) in [7, 11) is 0.594. The first-order chi connectivity index (χ1) is 18.8. The summed E-state index contributed by atoms with van der Waals surface area (Å²) in [4.78, 5) is 14.4. The number of anilines is 1. The second kappa shape index (κ2) is 10.9. The SMILES string of the molecule is C[C@@H]1CN(S(=O)(=O)C2CC2)CC[C@@H]1Nc1ncc(C(F)(F)F)c(-c2cn(-c3ccc(CN(C)C)cc3Cl)cn2)n1. The van der Waals surface area contributed by atoms with Crippen LogP contribution in [0.4, 0.5) is 19.1 Å². The number of halogens is 4. The molecule has 1 aliphatic carbocycles. The number of imidazole rings is 1. The number of nitrogens with one attached hydrogen (secondary N) is 1. The van der Waals surface area contributed by atoms with E-state index in [1.165, 1.54) is 16.8 Å². The fourth-order valence-electron chi connectivity index (χ4n) is 4.95. The highest BCUT2D eigenvalue weighted by atomic mass is 35.5. The second-order valence-electron chi connectivity index (χ2n) is 10.8. The van der Waals surface area contributed by atoms with Crippen LogP contribution in [0.1, 0.15) is 37.3 Å². The molecule has 0 unspecified atom stereocenters. The van der Waals surface area contributed by atoms with Crippen LogP contribution in [0.25, 0.3) is 17.1 Å². The maximum absolute atomic E-state index is 13.9. The lowest BCUT2D eigenvalue weighted by Gasteiger charge is -2.36. The van der Waals surface area contributed by atoms with E-state index in [4.69, 9.17) is 11.6 Å². The van der Waals surface area contributed by atoms with Gasteiger partial charge in [0.25, 0.3) is 0 Å². The van der Waals surface area contributed by atoms with Crippen LogP contribution >= 0.6 is 11.6 Å². The lowest BCUT2D eigenvalue weighted by atomic mass is 9.95. The molecule has 0 spiro atoms. The van der Waals surface area contributed by atoms with Crippen LogP contribution in [0, 0.1) is 5.92 Å². The molecule has 40 heavy (non-hydrogen) atoms. The summed E-state index contributed by atoms with van der Waals surface area (Å²) in [5.41, 5.74) is 0.227. The van der Waals surface area contributed by atoms with Gasteiger partial charge < -0.3 is 14.8 Å². The van der Waals surface area contributed by atoms with Gasteiger partial charge in [-0.25, -0.2) is 27.7 Å². The Hall–Kier alpha value is -2.74. The van der Waals surface area contributed by atoms with Crippen LogP contribution in [0.2, 0.25) is 5.02 Å². The number of sulfonamides is 1. The van der Waals surface area contributed by atoms with Gasteiger partial charge in [-0.3, -0.25) is 0 Å². The zero-order valence-electron chi connectivity index (χ0n) is 22.4. The van der Waals surface area contributed by atoms with Crippen LogP contribution in [0.5, 0.6) is 0 Å². The Labute approximate surface area is 236 Å². The summed E-state index contributed by atoms with van der Waals surface area (Å²) in [5.74, 6) is -0.0626. The molecule has 1 N–H and O–H groups in total. The predicted octanol–water partition coefficient (Wildman–Crippen LogP) is 4.68. The number of hydrogen-bond acceptors (Lipinski definition) is 7. The molecular weight excluding hydrogens is 567 g/mol. The Kier molecular flexibility index (Phi) is 7.85. The minimum atomic E-state index is -4.70. The smallest absolute Gasteiger partial charge is 0.351 e. The second-order valence-corrected chi connectivity index (χ2v) is 13.4. The van der Waals surface area contributed by atoms with Crippen molar-refractivity contribution in [3.8, 4) is 17.1 Å². The maximum Gasteiger partial charge on any atom is 0.420 e. The Morgan fingerprint density at radius 2 is 1.93 bits per heavy atom. The molecule has 1 aliphatic heterocycles. The van der Waals surface area contributed by atoms with Gasteiger partial charge in [-0.05, 0) is 57.0 Å². The van der Waals surface area contributed by atoms with E-state index in [1.54, 1.807) is 10.6 Å². The maximum atomic E-state index is 13.9. The fraction of sp³-hybridized carbons (Fsp3) is 0.500. The van der Waals surface area contributed by atoms with E-state index in [-0.39, 0.29) is 34.5 Å². The van der Waals surface area contributed by atoms with E-state index in [2.05, 4.69) is 20.3 Å². The Morgan fingerprint density at radius 1 is 1.18 bits per heavy atom. The molecule has 1 aromatic carbocycles. The van der Waals surface area contributed by atoms with E-state index in [9.17, 15) is 21.6 Å².